The summed E-state index contributed by atoms with van der Waals surface area (Å²) in [6.07, 6.45) is 5.62. The summed E-state index contributed by atoms with van der Waals surface area (Å²) < 4.78 is 1.37. The van der Waals surface area contributed by atoms with Crippen LogP contribution in [0.2, 0.25) is 0 Å². The highest BCUT2D eigenvalue weighted by molar-refractivity contribution is 7.20. The highest BCUT2D eigenvalue weighted by atomic mass is 32.1. The van der Waals surface area contributed by atoms with E-state index in [0.717, 1.165) is 54.6 Å². The number of rotatable bonds is 7. The van der Waals surface area contributed by atoms with Gasteiger partial charge in [-0.3, -0.25) is 24.4 Å². The first-order chi connectivity index (χ1) is 15.9. The van der Waals surface area contributed by atoms with Gasteiger partial charge < -0.3 is 10.2 Å². The summed E-state index contributed by atoms with van der Waals surface area (Å²) in [5, 5.41) is 18.2. The van der Waals surface area contributed by atoms with E-state index >= 15 is 0 Å². The fraction of sp³-hybridized carbons (Fsp3) is 0.348. The van der Waals surface area contributed by atoms with Crippen LogP contribution in [0.1, 0.15) is 41.6 Å². The lowest BCUT2D eigenvalue weighted by Crippen LogP contribution is -2.36. The van der Waals surface area contributed by atoms with Crippen molar-refractivity contribution in [2.75, 3.05) is 18.4 Å². The number of aromatic nitrogens is 2. The fourth-order valence-electron chi connectivity index (χ4n) is 3.95. The zero-order valence-corrected chi connectivity index (χ0v) is 19.1. The first-order valence-corrected chi connectivity index (χ1v) is 11.7. The standard InChI is InChI=1S/C23H25N5O4S/c1-16-20(23(30)26-11-6-3-7-12-26)22(33-21(16)17-8-4-2-5-9-17)25-19(29)10-13-27-15-18(14-24-27)28(31)32/h2,4-5,8-9,14-15H,3,6-7,10-13H2,1H3,(H,25,29). The molecule has 2 amide bonds. The second-order valence-electron chi connectivity index (χ2n) is 8.00. The first-order valence-electron chi connectivity index (χ1n) is 10.9. The molecule has 3 aromatic rings. The Kier molecular flexibility index (Phi) is 6.83. The van der Waals surface area contributed by atoms with E-state index < -0.39 is 4.92 Å². The first kappa shape index (κ1) is 22.7. The summed E-state index contributed by atoms with van der Waals surface area (Å²) in [6.45, 7) is 3.57. The van der Waals surface area contributed by atoms with Crippen LogP contribution in [0.25, 0.3) is 10.4 Å². The molecule has 1 aliphatic rings. The third-order valence-electron chi connectivity index (χ3n) is 5.69. The molecule has 33 heavy (non-hydrogen) atoms. The Morgan fingerprint density at radius 3 is 2.58 bits per heavy atom. The second kappa shape index (κ2) is 9.95. The minimum absolute atomic E-state index is 0.0522. The maximum Gasteiger partial charge on any atom is 0.306 e. The van der Waals surface area contributed by atoms with Crippen LogP contribution in [-0.4, -0.2) is 44.5 Å². The summed E-state index contributed by atoms with van der Waals surface area (Å²) in [6, 6.07) is 9.81. The molecule has 9 nitrogen and oxygen atoms in total. The van der Waals surface area contributed by atoms with Crippen LogP contribution in [0, 0.1) is 17.0 Å². The highest BCUT2D eigenvalue weighted by Gasteiger charge is 2.27. The number of likely N-dealkylation sites (tertiary alicyclic amines) is 1. The quantitative estimate of drug-likeness (QED) is 0.407. The summed E-state index contributed by atoms with van der Waals surface area (Å²) in [4.78, 5) is 39.3. The number of nitrogens with one attached hydrogen (secondary N) is 1. The molecule has 3 heterocycles. The molecule has 0 aliphatic carbocycles. The molecule has 1 aliphatic heterocycles. The number of carbonyl (C=O) groups is 2. The van der Waals surface area contributed by atoms with Crippen LogP contribution in [0.5, 0.6) is 0 Å². The maximum atomic E-state index is 13.4. The molecule has 172 valence electrons. The summed E-state index contributed by atoms with van der Waals surface area (Å²) in [5.74, 6) is -0.328. The van der Waals surface area contributed by atoms with Gasteiger partial charge in [-0.15, -0.1) is 11.3 Å². The van der Waals surface area contributed by atoms with Crippen molar-refractivity contribution in [1.82, 2.24) is 14.7 Å². The zero-order valence-electron chi connectivity index (χ0n) is 18.3. The molecule has 0 atom stereocenters. The van der Waals surface area contributed by atoms with Crippen molar-refractivity contribution >= 4 is 33.8 Å². The fourth-order valence-corrected chi connectivity index (χ4v) is 5.17. The number of amides is 2. The summed E-state index contributed by atoms with van der Waals surface area (Å²) >= 11 is 1.40. The Morgan fingerprint density at radius 2 is 1.91 bits per heavy atom. The second-order valence-corrected chi connectivity index (χ2v) is 9.02. The predicted molar refractivity (Wildman–Crippen MR) is 126 cm³/mol. The van der Waals surface area contributed by atoms with Crippen LogP contribution < -0.4 is 5.32 Å². The molecule has 0 spiro atoms. The van der Waals surface area contributed by atoms with Crippen LogP contribution in [0.15, 0.2) is 42.7 Å². The lowest BCUT2D eigenvalue weighted by Gasteiger charge is -2.27. The van der Waals surface area contributed by atoms with Crippen molar-refractivity contribution in [2.24, 2.45) is 0 Å². The van der Waals surface area contributed by atoms with E-state index in [0.29, 0.717) is 10.6 Å². The van der Waals surface area contributed by atoms with Crippen molar-refractivity contribution in [3.05, 3.63) is 64.0 Å². The van der Waals surface area contributed by atoms with Crippen molar-refractivity contribution in [1.29, 1.82) is 0 Å². The van der Waals surface area contributed by atoms with Gasteiger partial charge in [0.25, 0.3) is 5.91 Å². The van der Waals surface area contributed by atoms with Gasteiger partial charge in [-0.25, -0.2) is 0 Å². The Balaban J connectivity index is 1.56. The largest absolute Gasteiger partial charge is 0.339 e. The van der Waals surface area contributed by atoms with Crippen LogP contribution in [-0.2, 0) is 11.3 Å². The van der Waals surface area contributed by atoms with E-state index in [2.05, 4.69) is 10.4 Å². The topological polar surface area (TPSA) is 110 Å². The number of nitrogens with zero attached hydrogens (tertiary/aromatic N) is 4. The van der Waals surface area contributed by atoms with Gasteiger partial charge in [-0.2, -0.15) is 5.10 Å². The number of nitro groups is 1. The van der Waals surface area contributed by atoms with E-state index in [-0.39, 0.29) is 30.5 Å². The third-order valence-corrected chi connectivity index (χ3v) is 6.95. The Hall–Kier alpha value is -3.53. The third kappa shape index (κ3) is 5.11. The lowest BCUT2D eigenvalue weighted by molar-refractivity contribution is -0.385. The number of benzene rings is 1. The van der Waals surface area contributed by atoms with E-state index in [9.17, 15) is 19.7 Å². The molecular formula is C23H25N5O4S. The number of piperidine rings is 1. The maximum absolute atomic E-state index is 13.4. The normalized spacial score (nSPS) is 13.7. The predicted octanol–water partition coefficient (Wildman–Crippen LogP) is 4.48. The smallest absolute Gasteiger partial charge is 0.306 e. The molecule has 1 aromatic carbocycles. The summed E-state index contributed by atoms with van der Waals surface area (Å²) in [7, 11) is 0. The van der Waals surface area contributed by atoms with Gasteiger partial charge in [0.15, 0.2) is 0 Å². The van der Waals surface area contributed by atoms with Crippen molar-refractivity contribution in [3.8, 4) is 10.4 Å². The van der Waals surface area contributed by atoms with Gasteiger partial charge >= 0.3 is 5.69 Å². The number of anilines is 1. The van der Waals surface area contributed by atoms with Gasteiger partial charge in [0, 0.05) is 30.9 Å². The average Bonchev–Trinajstić information content (AvgIpc) is 3.43. The molecular weight excluding hydrogens is 442 g/mol. The Bertz CT molecular complexity index is 1160. The highest BCUT2D eigenvalue weighted by Crippen LogP contribution is 2.40. The van der Waals surface area contributed by atoms with E-state index in [1.54, 1.807) is 0 Å². The van der Waals surface area contributed by atoms with E-state index in [1.807, 2.05) is 42.2 Å². The molecule has 0 bridgehead atoms. The van der Waals surface area contributed by atoms with E-state index in [1.165, 1.54) is 22.2 Å². The average molecular weight is 468 g/mol. The van der Waals surface area contributed by atoms with Crippen molar-refractivity contribution in [3.63, 3.8) is 0 Å². The zero-order chi connectivity index (χ0) is 23.4. The van der Waals surface area contributed by atoms with Crippen molar-refractivity contribution < 1.29 is 14.5 Å². The summed E-state index contributed by atoms with van der Waals surface area (Å²) in [5.41, 5.74) is 2.28. The Labute approximate surface area is 195 Å². The number of carbonyl (C=O) groups excluding carboxylic acids is 2. The van der Waals surface area contributed by atoms with Crippen molar-refractivity contribution in [2.45, 2.75) is 39.2 Å². The minimum atomic E-state index is -0.526. The van der Waals surface area contributed by atoms with E-state index in [4.69, 9.17) is 0 Å². The molecule has 4 rings (SSSR count). The molecule has 1 N–H and O–H groups in total. The minimum Gasteiger partial charge on any atom is -0.339 e. The lowest BCUT2D eigenvalue weighted by atomic mass is 10.0. The molecule has 1 saturated heterocycles. The van der Waals surface area contributed by atoms with Gasteiger partial charge in [0.2, 0.25) is 5.91 Å². The van der Waals surface area contributed by atoms with Crippen LogP contribution in [0.3, 0.4) is 0 Å². The van der Waals surface area contributed by atoms with Gasteiger partial charge in [-0.1, -0.05) is 30.3 Å². The Morgan fingerprint density at radius 1 is 1.18 bits per heavy atom. The number of aryl methyl sites for hydroxylation is 1. The molecule has 2 aromatic heterocycles. The molecule has 10 heteroatoms. The monoisotopic (exact) mass is 467 g/mol. The molecule has 0 unspecified atom stereocenters. The number of hydrogen-bond acceptors (Lipinski definition) is 6. The van der Waals surface area contributed by atoms with Crippen LogP contribution >= 0.6 is 11.3 Å². The van der Waals surface area contributed by atoms with Gasteiger partial charge in [0.05, 0.1) is 10.5 Å². The van der Waals surface area contributed by atoms with Gasteiger partial charge in [-0.05, 0) is 37.3 Å². The molecule has 1 fully saturated rings. The number of hydrogen-bond donors (Lipinski definition) is 1. The molecule has 0 saturated carbocycles. The molecule has 0 radical (unpaired) electrons. The van der Waals surface area contributed by atoms with Crippen LogP contribution in [0.4, 0.5) is 10.7 Å². The van der Waals surface area contributed by atoms with Gasteiger partial charge in [0.1, 0.15) is 17.4 Å². The number of thiophene rings is 1. The SMILES string of the molecule is Cc1c(-c2ccccc2)sc(NC(=O)CCn2cc([N+](=O)[O-])cn2)c1C(=O)N1CCCCC1.